The van der Waals surface area contributed by atoms with E-state index < -0.39 is 0 Å². The van der Waals surface area contributed by atoms with Gasteiger partial charge in [0, 0.05) is 35.1 Å². The van der Waals surface area contributed by atoms with Gasteiger partial charge in [0.2, 0.25) is 0 Å². The number of fused-ring (bicyclic) bond motifs is 2. The van der Waals surface area contributed by atoms with Crippen LogP contribution < -0.4 is 5.73 Å². The molecule has 0 radical (unpaired) electrons. The van der Waals surface area contributed by atoms with Crippen molar-refractivity contribution in [1.29, 1.82) is 0 Å². The van der Waals surface area contributed by atoms with Crippen molar-refractivity contribution in [3.05, 3.63) is 64.7 Å². The second kappa shape index (κ2) is 8.14. The Balaban J connectivity index is 1.47. The standard InChI is InChI=1S/C23H27ClN2O2/c1-26-19-10-11-21(26)22(20(14-19)16-4-6-17(24)7-5-16)23(27)28-13-12-15-2-8-18(25)9-3-15/h2-9,19-22H,10-14,25H2,1H3/t19-,20-,21?,22+/m1/s1. The van der Waals surface area contributed by atoms with Gasteiger partial charge in [-0.15, -0.1) is 0 Å². The van der Waals surface area contributed by atoms with Crippen molar-refractivity contribution in [2.24, 2.45) is 5.92 Å². The molecule has 148 valence electrons. The van der Waals surface area contributed by atoms with Crippen molar-refractivity contribution in [3.8, 4) is 0 Å². The summed E-state index contributed by atoms with van der Waals surface area (Å²) in [5.74, 6) is -0.0149. The molecule has 0 aromatic heterocycles. The maximum Gasteiger partial charge on any atom is 0.311 e. The average Bonchev–Trinajstić information content (AvgIpc) is 2.92. The van der Waals surface area contributed by atoms with Gasteiger partial charge in [-0.25, -0.2) is 0 Å². The number of carbonyl (C=O) groups excluding carboxylic acids is 1. The lowest BCUT2D eigenvalue weighted by atomic mass is 9.76. The molecule has 4 rings (SSSR count). The molecular weight excluding hydrogens is 372 g/mol. The van der Waals surface area contributed by atoms with Crippen LogP contribution in [0.15, 0.2) is 48.5 Å². The highest BCUT2D eigenvalue weighted by atomic mass is 35.5. The fraction of sp³-hybridized carbons (Fsp3) is 0.435. The minimum absolute atomic E-state index is 0.0763. The lowest BCUT2D eigenvalue weighted by Gasteiger charge is -2.42. The van der Waals surface area contributed by atoms with E-state index in [0.29, 0.717) is 19.1 Å². The van der Waals surface area contributed by atoms with E-state index in [0.717, 1.165) is 35.5 Å². The van der Waals surface area contributed by atoms with Crippen LogP contribution in [0, 0.1) is 5.92 Å². The molecule has 4 atom stereocenters. The Hall–Kier alpha value is -2.04. The molecule has 4 nitrogen and oxygen atoms in total. The van der Waals surface area contributed by atoms with Crippen LogP contribution in [0.2, 0.25) is 5.02 Å². The molecule has 2 aliphatic heterocycles. The molecule has 2 heterocycles. The molecule has 2 aromatic rings. The van der Waals surface area contributed by atoms with Crippen molar-refractivity contribution < 1.29 is 9.53 Å². The maximum atomic E-state index is 13.1. The first-order chi connectivity index (χ1) is 13.5. The van der Waals surface area contributed by atoms with Crippen LogP contribution in [-0.4, -0.2) is 36.6 Å². The van der Waals surface area contributed by atoms with Crippen molar-refractivity contribution >= 4 is 23.3 Å². The molecule has 1 unspecified atom stereocenters. The van der Waals surface area contributed by atoms with Crippen LogP contribution in [0.25, 0.3) is 0 Å². The molecule has 2 bridgehead atoms. The van der Waals surface area contributed by atoms with E-state index in [2.05, 4.69) is 24.1 Å². The lowest BCUT2D eigenvalue weighted by molar-refractivity contribution is -0.153. The zero-order valence-electron chi connectivity index (χ0n) is 16.2. The summed E-state index contributed by atoms with van der Waals surface area (Å²) in [5.41, 5.74) is 8.79. The van der Waals surface area contributed by atoms with E-state index in [1.165, 1.54) is 5.56 Å². The summed E-state index contributed by atoms with van der Waals surface area (Å²) in [7, 11) is 2.15. The van der Waals surface area contributed by atoms with Crippen LogP contribution in [0.4, 0.5) is 5.69 Å². The van der Waals surface area contributed by atoms with Gasteiger partial charge in [-0.05, 0) is 61.7 Å². The minimum atomic E-state index is -0.128. The normalized spacial score (nSPS) is 26.9. The summed E-state index contributed by atoms with van der Waals surface area (Å²) in [6.07, 6.45) is 3.91. The maximum absolute atomic E-state index is 13.1. The van der Waals surface area contributed by atoms with E-state index in [-0.39, 0.29) is 23.8 Å². The van der Waals surface area contributed by atoms with E-state index in [4.69, 9.17) is 22.1 Å². The molecule has 0 spiro atoms. The Morgan fingerprint density at radius 2 is 1.86 bits per heavy atom. The predicted octanol–water partition coefficient (Wildman–Crippen LogP) is 4.27. The number of nitrogens with zero attached hydrogens (tertiary/aromatic N) is 1. The highest BCUT2D eigenvalue weighted by Crippen LogP contribution is 2.46. The highest BCUT2D eigenvalue weighted by Gasteiger charge is 2.49. The Bertz CT molecular complexity index is 822. The third-order valence-electron chi connectivity index (χ3n) is 6.45. The van der Waals surface area contributed by atoms with Gasteiger partial charge in [-0.3, -0.25) is 9.69 Å². The zero-order valence-corrected chi connectivity index (χ0v) is 16.9. The number of hydrogen-bond donors (Lipinski definition) is 1. The van der Waals surface area contributed by atoms with Crippen LogP contribution >= 0.6 is 11.6 Å². The second-order valence-electron chi connectivity index (χ2n) is 8.04. The number of esters is 1. The molecule has 0 saturated carbocycles. The molecule has 2 aliphatic rings. The molecule has 2 fully saturated rings. The molecule has 2 aromatic carbocycles. The van der Waals surface area contributed by atoms with E-state index in [1.807, 2.05) is 36.4 Å². The quantitative estimate of drug-likeness (QED) is 0.603. The van der Waals surface area contributed by atoms with Gasteiger partial charge in [0.15, 0.2) is 0 Å². The van der Waals surface area contributed by atoms with E-state index in [1.54, 1.807) is 0 Å². The number of piperidine rings is 1. The van der Waals surface area contributed by atoms with Crippen molar-refractivity contribution in [2.75, 3.05) is 19.4 Å². The Labute approximate surface area is 171 Å². The number of ether oxygens (including phenoxy) is 1. The number of nitrogen functional groups attached to an aromatic ring is 1. The van der Waals surface area contributed by atoms with Crippen molar-refractivity contribution in [3.63, 3.8) is 0 Å². The highest BCUT2D eigenvalue weighted by molar-refractivity contribution is 6.30. The molecule has 0 aliphatic carbocycles. The molecule has 5 heteroatoms. The third kappa shape index (κ3) is 3.89. The summed E-state index contributed by atoms with van der Waals surface area (Å²) in [6.45, 7) is 0.395. The molecule has 2 N–H and O–H groups in total. The monoisotopic (exact) mass is 398 g/mol. The largest absolute Gasteiger partial charge is 0.465 e. The van der Waals surface area contributed by atoms with Crippen molar-refractivity contribution in [2.45, 2.75) is 43.7 Å². The lowest BCUT2D eigenvalue weighted by Crippen LogP contribution is -2.49. The number of halogens is 1. The molecule has 0 amide bonds. The second-order valence-corrected chi connectivity index (χ2v) is 8.48. The zero-order chi connectivity index (χ0) is 19.7. The van der Waals surface area contributed by atoms with E-state index >= 15 is 0 Å². The van der Waals surface area contributed by atoms with Gasteiger partial charge < -0.3 is 10.5 Å². The van der Waals surface area contributed by atoms with Crippen LogP contribution in [0.5, 0.6) is 0 Å². The van der Waals surface area contributed by atoms with Crippen LogP contribution in [-0.2, 0) is 16.0 Å². The van der Waals surface area contributed by atoms with Crippen LogP contribution in [0.3, 0.4) is 0 Å². The molecule has 28 heavy (non-hydrogen) atoms. The Morgan fingerprint density at radius 3 is 2.57 bits per heavy atom. The number of anilines is 1. The van der Waals surface area contributed by atoms with Gasteiger partial charge in [0.25, 0.3) is 0 Å². The SMILES string of the molecule is CN1C2CC[C@@H]1C[C@H](c1ccc(Cl)cc1)[C@@H]2C(=O)OCCc1ccc(N)cc1. The fourth-order valence-corrected chi connectivity index (χ4v) is 5.02. The summed E-state index contributed by atoms with van der Waals surface area (Å²) in [4.78, 5) is 15.5. The van der Waals surface area contributed by atoms with Gasteiger partial charge in [-0.1, -0.05) is 35.9 Å². The van der Waals surface area contributed by atoms with Gasteiger partial charge >= 0.3 is 5.97 Å². The summed E-state index contributed by atoms with van der Waals surface area (Å²) in [6, 6.07) is 16.5. The first-order valence-electron chi connectivity index (χ1n) is 10.0. The fourth-order valence-electron chi connectivity index (χ4n) is 4.89. The van der Waals surface area contributed by atoms with Crippen molar-refractivity contribution in [1.82, 2.24) is 4.90 Å². The Morgan fingerprint density at radius 1 is 1.14 bits per heavy atom. The first-order valence-corrected chi connectivity index (χ1v) is 10.4. The van der Waals surface area contributed by atoms with Gasteiger partial charge in [0.1, 0.15) is 0 Å². The predicted molar refractivity (Wildman–Crippen MR) is 112 cm³/mol. The average molecular weight is 399 g/mol. The number of hydrogen-bond acceptors (Lipinski definition) is 4. The topological polar surface area (TPSA) is 55.6 Å². The molecule has 2 saturated heterocycles. The number of carbonyl (C=O) groups is 1. The summed E-state index contributed by atoms with van der Waals surface area (Å²) in [5, 5.41) is 0.724. The number of rotatable bonds is 5. The third-order valence-corrected chi connectivity index (χ3v) is 6.71. The molecular formula is C23H27ClN2O2. The number of nitrogens with two attached hydrogens (primary N) is 1. The summed E-state index contributed by atoms with van der Waals surface area (Å²) < 4.78 is 5.77. The Kier molecular flexibility index (Phi) is 5.61. The summed E-state index contributed by atoms with van der Waals surface area (Å²) >= 11 is 6.07. The first kappa shape index (κ1) is 19.3. The van der Waals surface area contributed by atoms with Crippen LogP contribution in [0.1, 0.15) is 36.3 Å². The minimum Gasteiger partial charge on any atom is -0.465 e. The number of benzene rings is 2. The smallest absolute Gasteiger partial charge is 0.311 e. The van der Waals surface area contributed by atoms with Gasteiger partial charge in [0.05, 0.1) is 12.5 Å². The van der Waals surface area contributed by atoms with Gasteiger partial charge in [-0.2, -0.15) is 0 Å². The van der Waals surface area contributed by atoms with E-state index in [9.17, 15) is 4.79 Å².